The molecule has 2 aromatic carbocycles. The van der Waals surface area contributed by atoms with Gasteiger partial charge in [0.1, 0.15) is 11.3 Å². The van der Waals surface area contributed by atoms with Gasteiger partial charge in [-0.15, -0.1) is 0 Å². The summed E-state index contributed by atoms with van der Waals surface area (Å²) in [5.41, 5.74) is 1.79. The standard InChI is InChI=1S/C24H25FN2O/c1-23(11-12-23)16-24(2,14-17-7-4-3-5-8-17)22(28)27-19-13-18-9-6-10-20(25)21(18)26-15-19/h3-10,13,15H,11-12,14,16H2,1-2H3,(H,27,28). The van der Waals surface area contributed by atoms with Gasteiger partial charge in [-0.25, -0.2) is 4.39 Å². The molecule has 3 aromatic rings. The van der Waals surface area contributed by atoms with Crippen LogP contribution in [-0.2, 0) is 11.2 Å². The Labute approximate surface area is 165 Å². The predicted octanol–water partition coefficient (Wildman–Crippen LogP) is 5.75. The van der Waals surface area contributed by atoms with E-state index in [9.17, 15) is 9.18 Å². The summed E-state index contributed by atoms with van der Waals surface area (Å²) in [7, 11) is 0. The zero-order valence-electron chi connectivity index (χ0n) is 16.3. The molecule has 1 atom stereocenters. The summed E-state index contributed by atoms with van der Waals surface area (Å²) in [6, 6.07) is 16.8. The Morgan fingerprint density at radius 1 is 1.18 bits per heavy atom. The van der Waals surface area contributed by atoms with Gasteiger partial charge in [0.15, 0.2) is 0 Å². The van der Waals surface area contributed by atoms with Crippen LogP contribution in [0.2, 0.25) is 0 Å². The molecule has 4 heteroatoms. The fraction of sp³-hybridized carbons (Fsp3) is 0.333. The third-order valence-electron chi connectivity index (χ3n) is 5.83. The average Bonchev–Trinajstić information content (AvgIpc) is 3.39. The maximum Gasteiger partial charge on any atom is 0.230 e. The van der Waals surface area contributed by atoms with Crippen LogP contribution < -0.4 is 5.32 Å². The monoisotopic (exact) mass is 376 g/mol. The molecule has 1 heterocycles. The number of aromatic nitrogens is 1. The van der Waals surface area contributed by atoms with Crippen LogP contribution in [0.1, 0.15) is 38.7 Å². The van der Waals surface area contributed by atoms with E-state index in [-0.39, 0.29) is 17.1 Å². The van der Waals surface area contributed by atoms with Crippen molar-refractivity contribution >= 4 is 22.5 Å². The average molecular weight is 376 g/mol. The lowest BCUT2D eigenvalue weighted by atomic mass is 9.74. The van der Waals surface area contributed by atoms with E-state index >= 15 is 0 Å². The molecule has 4 rings (SSSR count). The van der Waals surface area contributed by atoms with E-state index in [4.69, 9.17) is 0 Å². The Morgan fingerprint density at radius 2 is 1.93 bits per heavy atom. The summed E-state index contributed by atoms with van der Waals surface area (Å²) < 4.78 is 13.9. The molecule has 0 bridgehead atoms. The maximum absolute atomic E-state index is 13.9. The Bertz CT molecular complexity index is 1010. The van der Waals surface area contributed by atoms with Gasteiger partial charge in [-0.1, -0.05) is 56.3 Å². The summed E-state index contributed by atoms with van der Waals surface area (Å²) in [6.45, 7) is 4.30. The van der Waals surface area contributed by atoms with Crippen LogP contribution in [0.25, 0.3) is 10.9 Å². The highest BCUT2D eigenvalue weighted by atomic mass is 19.1. The SMILES string of the molecule is CC1(CC(C)(Cc2ccccc2)C(=O)Nc2cnc3c(F)cccc3c2)CC1. The van der Waals surface area contributed by atoms with Gasteiger partial charge in [0.2, 0.25) is 5.91 Å². The third kappa shape index (κ3) is 3.91. The quantitative estimate of drug-likeness (QED) is 0.595. The topological polar surface area (TPSA) is 42.0 Å². The first-order chi connectivity index (χ1) is 13.4. The number of carbonyl (C=O) groups excluding carboxylic acids is 1. The molecule has 1 unspecified atom stereocenters. The number of rotatable bonds is 6. The second-order valence-electron chi connectivity index (χ2n) is 8.70. The predicted molar refractivity (Wildman–Crippen MR) is 111 cm³/mol. The lowest BCUT2D eigenvalue weighted by Crippen LogP contribution is -2.37. The first-order valence-electron chi connectivity index (χ1n) is 9.77. The Kier molecular flexibility index (Phi) is 4.66. The van der Waals surface area contributed by atoms with Crippen molar-refractivity contribution in [3.63, 3.8) is 0 Å². The Hall–Kier alpha value is -2.75. The van der Waals surface area contributed by atoms with Crippen LogP contribution in [0, 0.1) is 16.6 Å². The number of benzene rings is 2. The number of anilines is 1. The van der Waals surface area contributed by atoms with E-state index in [1.165, 1.54) is 25.1 Å². The first kappa shape index (κ1) is 18.6. The van der Waals surface area contributed by atoms with Gasteiger partial charge in [-0.3, -0.25) is 9.78 Å². The van der Waals surface area contributed by atoms with Crippen LogP contribution in [-0.4, -0.2) is 10.9 Å². The van der Waals surface area contributed by atoms with Crippen molar-refractivity contribution in [2.45, 2.75) is 39.5 Å². The molecule has 0 saturated heterocycles. The number of pyridine rings is 1. The molecule has 28 heavy (non-hydrogen) atoms. The van der Waals surface area contributed by atoms with Crippen LogP contribution in [0.4, 0.5) is 10.1 Å². The second-order valence-corrected chi connectivity index (χ2v) is 8.70. The number of nitrogens with zero attached hydrogens (tertiary/aromatic N) is 1. The number of fused-ring (bicyclic) bond motifs is 1. The highest BCUT2D eigenvalue weighted by Crippen LogP contribution is 2.53. The molecule has 3 nitrogen and oxygen atoms in total. The maximum atomic E-state index is 13.9. The molecule has 1 amide bonds. The summed E-state index contributed by atoms with van der Waals surface area (Å²) in [6.07, 6.45) is 5.40. The molecule has 144 valence electrons. The number of para-hydroxylation sites is 1. The number of nitrogens with one attached hydrogen (secondary N) is 1. The minimum Gasteiger partial charge on any atom is -0.324 e. The van der Waals surface area contributed by atoms with Crippen molar-refractivity contribution in [1.82, 2.24) is 4.98 Å². The van der Waals surface area contributed by atoms with Gasteiger partial charge in [-0.2, -0.15) is 0 Å². The van der Waals surface area contributed by atoms with E-state index < -0.39 is 5.41 Å². The van der Waals surface area contributed by atoms with Gasteiger partial charge in [0.05, 0.1) is 17.3 Å². The van der Waals surface area contributed by atoms with E-state index in [1.807, 2.05) is 25.1 Å². The lowest BCUT2D eigenvalue weighted by Gasteiger charge is -2.31. The zero-order valence-corrected chi connectivity index (χ0v) is 16.3. The van der Waals surface area contributed by atoms with Crippen molar-refractivity contribution in [2.75, 3.05) is 5.32 Å². The fourth-order valence-corrected chi connectivity index (χ4v) is 4.08. The molecule has 1 aliphatic rings. The number of carbonyl (C=O) groups is 1. The van der Waals surface area contributed by atoms with Crippen molar-refractivity contribution < 1.29 is 9.18 Å². The minimum absolute atomic E-state index is 0.0120. The number of hydrogen-bond donors (Lipinski definition) is 1. The molecule has 0 spiro atoms. The Morgan fingerprint density at radius 3 is 2.64 bits per heavy atom. The van der Waals surface area contributed by atoms with E-state index in [0.717, 1.165) is 12.0 Å². The van der Waals surface area contributed by atoms with Crippen LogP contribution >= 0.6 is 0 Å². The molecular formula is C24H25FN2O. The third-order valence-corrected chi connectivity index (χ3v) is 5.83. The molecule has 0 aliphatic heterocycles. The van der Waals surface area contributed by atoms with Crippen molar-refractivity contribution in [3.05, 3.63) is 72.2 Å². The van der Waals surface area contributed by atoms with Gasteiger partial charge in [-0.05, 0) is 48.8 Å². The second kappa shape index (κ2) is 7.01. The highest BCUT2D eigenvalue weighted by molar-refractivity contribution is 5.96. The number of amides is 1. The summed E-state index contributed by atoms with van der Waals surface area (Å²) >= 11 is 0. The van der Waals surface area contributed by atoms with Gasteiger partial charge >= 0.3 is 0 Å². The number of hydrogen-bond acceptors (Lipinski definition) is 2. The summed E-state index contributed by atoms with van der Waals surface area (Å²) in [5, 5.41) is 3.72. The summed E-state index contributed by atoms with van der Waals surface area (Å²) in [4.78, 5) is 17.5. The van der Waals surface area contributed by atoms with Gasteiger partial charge < -0.3 is 5.32 Å². The molecule has 1 aliphatic carbocycles. The lowest BCUT2D eigenvalue weighted by molar-refractivity contribution is -0.125. The molecular weight excluding hydrogens is 351 g/mol. The smallest absolute Gasteiger partial charge is 0.230 e. The summed E-state index contributed by atoms with van der Waals surface area (Å²) in [5.74, 6) is -0.368. The largest absolute Gasteiger partial charge is 0.324 e. The minimum atomic E-state index is -0.524. The normalized spacial score (nSPS) is 17.1. The van der Waals surface area contributed by atoms with Crippen molar-refractivity contribution in [1.29, 1.82) is 0 Å². The van der Waals surface area contributed by atoms with Crippen LogP contribution in [0.3, 0.4) is 0 Å². The van der Waals surface area contributed by atoms with E-state index in [1.54, 1.807) is 18.2 Å². The first-order valence-corrected chi connectivity index (χ1v) is 9.77. The van der Waals surface area contributed by atoms with E-state index in [0.29, 0.717) is 23.0 Å². The number of halogens is 1. The van der Waals surface area contributed by atoms with Crippen LogP contribution in [0.5, 0.6) is 0 Å². The zero-order chi connectivity index (χ0) is 19.8. The van der Waals surface area contributed by atoms with Gasteiger partial charge in [0, 0.05) is 5.39 Å². The highest BCUT2D eigenvalue weighted by Gasteiger charge is 2.46. The molecule has 1 saturated carbocycles. The Balaban J connectivity index is 1.60. The van der Waals surface area contributed by atoms with Crippen molar-refractivity contribution in [2.24, 2.45) is 10.8 Å². The van der Waals surface area contributed by atoms with Crippen molar-refractivity contribution in [3.8, 4) is 0 Å². The molecule has 0 radical (unpaired) electrons. The molecule has 1 N–H and O–H groups in total. The molecule has 1 fully saturated rings. The van der Waals surface area contributed by atoms with Crippen LogP contribution in [0.15, 0.2) is 60.8 Å². The van der Waals surface area contributed by atoms with E-state index in [2.05, 4.69) is 29.4 Å². The molecule has 1 aromatic heterocycles. The van der Waals surface area contributed by atoms with Gasteiger partial charge in [0.25, 0.3) is 0 Å². The fourth-order valence-electron chi connectivity index (χ4n) is 4.08.